The number of para-hydroxylation sites is 2. The van der Waals surface area contributed by atoms with Crippen molar-refractivity contribution < 1.29 is 4.42 Å². The summed E-state index contributed by atoms with van der Waals surface area (Å²) >= 11 is 0. The van der Waals surface area contributed by atoms with Crippen molar-refractivity contribution in [3.8, 4) is 5.69 Å². The Bertz CT molecular complexity index is 2330. The third-order valence-corrected chi connectivity index (χ3v) is 14.0. The zero-order valence-corrected chi connectivity index (χ0v) is 25.5. The van der Waals surface area contributed by atoms with Gasteiger partial charge in [0.05, 0.1) is 11.0 Å². The fourth-order valence-corrected chi connectivity index (χ4v) is 12.2. The lowest BCUT2D eigenvalue weighted by Gasteiger charge is -2.34. The Morgan fingerprint density at radius 2 is 1.00 bits per heavy atom. The van der Waals surface area contributed by atoms with Crippen molar-refractivity contribution in [3.05, 3.63) is 170 Å². The smallest absolute Gasteiger partial charge is 0.184 e. The van der Waals surface area contributed by atoms with Gasteiger partial charge in [-0.2, -0.15) is 0 Å². The molecule has 3 nitrogen and oxygen atoms in total. The monoisotopic (exact) mass is 592 g/mol. The molecule has 212 valence electrons. The van der Waals surface area contributed by atoms with Gasteiger partial charge in [-0.15, -0.1) is 0 Å². The first-order valence-electron chi connectivity index (χ1n) is 15.3. The molecule has 0 spiro atoms. The van der Waals surface area contributed by atoms with Crippen molar-refractivity contribution in [2.75, 3.05) is 0 Å². The molecule has 6 aromatic carbocycles. The van der Waals surface area contributed by atoms with Gasteiger partial charge in [0.2, 0.25) is 0 Å². The molecule has 3 aromatic heterocycles. The molecule has 0 bridgehead atoms. The SMILES string of the molecule is c1ccc([Si](c2ccccc2)(c2ccccc2)c2cc(-n3c4ccccc4c4ccccc43)cc3c2oc2ccncc23)cc1. The van der Waals surface area contributed by atoms with Gasteiger partial charge in [0.15, 0.2) is 8.07 Å². The summed E-state index contributed by atoms with van der Waals surface area (Å²) in [7, 11) is -2.93. The van der Waals surface area contributed by atoms with Crippen molar-refractivity contribution in [1.29, 1.82) is 0 Å². The van der Waals surface area contributed by atoms with E-state index < -0.39 is 8.07 Å². The van der Waals surface area contributed by atoms with Crippen LogP contribution in [0.1, 0.15) is 0 Å². The quantitative estimate of drug-likeness (QED) is 0.154. The van der Waals surface area contributed by atoms with E-state index >= 15 is 0 Å². The molecule has 0 saturated heterocycles. The Balaban J connectivity index is 1.52. The van der Waals surface area contributed by atoms with Crippen molar-refractivity contribution in [1.82, 2.24) is 9.55 Å². The second kappa shape index (κ2) is 10.2. The molecule has 0 radical (unpaired) electrons. The maximum Gasteiger partial charge on any atom is 0.184 e. The van der Waals surface area contributed by atoms with Crippen molar-refractivity contribution >= 4 is 72.6 Å². The summed E-state index contributed by atoms with van der Waals surface area (Å²) < 4.78 is 9.31. The van der Waals surface area contributed by atoms with Crippen LogP contribution in [0.15, 0.2) is 175 Å². The van der Waals surface area contributed by atoms with E-state index in [1.807, 2.05) is 18.5 Å². The van der Waals surface area contributed by atoms with Crippen LogP contribution in [-0.2, 0) is 0 Å². The van der Waals surface area contributed by atoms with Gasteiger partial charge in [-0.05, 0) is 51.1 Å². The standard InChI is InChI=1S/C41H28N2OSi/c1-4-14-30(15-5-1)45(31-16-6-2-7-17-31,32-18-8-3-9-19-32)40-27-29(26-35-36-28-42-25-24-39(36)44-41(35)40)43-37-22-12-10-20-33(37)34-21-11-13-23-38(34)43/h1-28H. The Labute approximate surface area is 261 Å². The van der Waals surface area contributed by atoms with Crippen LogP contribution >= 0.6 is 0 Å². The summed E-state index contributed by atoms with van der Waals surface area (Å²) in [5.74, 6) is 0. The van der Waals surface area contributed by atoms with Crippen molar-refractivity contribution in [2.24, 2.45) is 0 Å². The number of furan rings is 1. The predicted octanol–water partition coefficient (Wildman–Crippen LogP) is 7.46. The van der Waals surface area contributed by atoms with E-state index in [0.29, 0.717) is 0 Å². The highest BCUT2D eigenvalue weighted by atomic mass is 28.3. The third kappa shape index (κ3) is 3.79. The summed E-state index contributed by atoms with van der Waals surface area (Å²) in [4.78, 5) is 4.54. The number of benzene rings is 6. The van der Waals surface area contributed by atoms with Gasteiger partial charge in [-0.25, -0.2) is 0 Å². The van der Waals surface area contributed by atoms with Gasteiger partial charge in [0.1, 0.15) is 11.2 Å². The molecule has 0 aliphatic heterocycles. The van der Waals surface area contributed by atoms with Crippen LogP contribution in [0.25, 0.3) is 49.4 Å². The van der Waals surface area contributed by atoms with E-state index in [9.17, 15) is 0 Å². The highest BCUT2D eigenvalue weighted by Gasteiger charge is 2.44. The normalized spacial score (nSPS) is 12.0. The van der Waals surface area contributed by atoms with Gasteiger partial charge in [0.25, 0.3) is 0 Å². The van der Waals surface area contributed by atoms with Gasteiger partial charge in [0, 0.05) is 39.6 Å². The number of rotatable bonds is 5. The number of hydrogen-bond acceptors (Lipinski definition) is 2. The number of nitrogens with zero attached hydrogens (tertiary/aromatic N) is 2. The van der Waals surface area contributed by atoms with Crippen LogP contribution < -0.4 is 20.7 Å². The molecule has 0 unspecified atom stereocenters. The average molecular weight is 593 g/mol. The number of fused-ring (bicyclic) bond motifs is 6. The molecule has 0 aliphatic carbocycles. The van der Waals surface area contributed by atoms with Gasteiger partial charge >= 0.3 is 0 Å². The number of hydrogen-bond donors (Lipinski definition) is 0. The topological polar surface area (TPSA) is 31.0 Å². The first-order chi connectivity index (χ1) is 22.3. The van der Waals surface area contributed by atoms with Gasteiger partial charge in [-0.1, -0.05) is 127 Å². The lowest BCUT2D eigenvalue weighted by Crippen LogP contribution is -2.74. The Kier molecular flexibility index (Phi) is 5.83. The van der Waals surface area contributed by atoms with E-state index in [1.165, 1.54) is 42.6 Å². The molecule has 0 N–H and O–H groups in total. The number of pyridine rings is 1. The van der Waals surface area contributed by atoms with Gasteiger partial charge < -0.3 is 8.98 Å². The summed E-state index contributed by atoms with van der Waals surface area (Å²) in [6.07, 6.45) is 3.76. The largest absolute Gasteiger partial charge is 0.456 e. The fourth-order valence-electron chi connectivity index (χ4n) is 7.35. The van der Waals surface area contributed by atoms with Gasteiger partial charge in [-0.3, -0.25) is 4.98 Å². The molecule has 9 rings (SSSR count). The molecule has 0 saturated carbocycles. The molecule has 0 aliphatic rings. The molecule has 0 atom stereocenters. The molecule has 0 fully saturated rings. The third-order valence-electron chi connectivity index (χ3n) is 9.22. The second-order valence-corrected chi connectivity index (χ2v) is 15.3. The van der Waals surface area contributed by atoms with Crippen molar-refractivity contribution in [3.63, 3.8) is 0 Å². The maximum atomic E-state index is 6.89. The van der Waals surface area contributed by atoms with E-state index in [0.717, 1.165) is 27.6 Å². The molecule has 9 aromatic rings. The van der Waals surface area contributed by atoms with E-state index in [2.05, 4.69) is 161 Å². The molecule has 4 heteroatoms. The summed E-state index contributed by atoms with van der Waals surface area (Å²) in [5, 5.41) is 9.72. The molecule has 3 heterocycles. The highest BCUT2D eigenvalue weighted by Crippen LogP contribution is 2.35. The Morgan fingerprint density at radius 3 is 1.56 bits per heavy atom. The summed E-state index contributed by atoms with van der Waals surface area (Å²) in [6, 6.07) is 57.2. The van der Waals surface area contributed by atoms with E-state index in [4.69, 9.17) is 4.42 Å². The minimum Gasteiger partial charge on any atom is -0.456 e. The first-order valence-corrected chi connectivity index (χ1v) is 17.3. The molecular formula is C41H28N2OSi. The average Bonchev–Trinajstić information content (AvgIpc) is 3.66. The summed E-state index contributed by atoms with van der Waals surface area (Å²) in [6.45, 7) is 0. The molecule has 0 amide bonds. The zero-order valence-electron chi connectivity index (χ0n) is 24.5. The van der Waals surface area contributed by atoms with Crippen LogP contribution in [0.2, 0.25) is 0 Å². The lowest BCUT2D eigenvalue weighted by atomic mass is 10.1. The van der Waals surface area contributed by atoms with E-state index in [-0.39, 0.29) is 0 Å². The van der Waals surface area contributed by atoms with Crippen molar-refractivity contribution in [2.45, 2.75) is 0 Å². The minimum absolute atomic E-state index is 0.845. The lowest BCUT2D eigenvalue weighted by molar-refractivity contribution is 0.671. The second-order valence-electron chi connectivity index (χ2n) is 11.6. The Morgan fingerprint density at radius 1 is 0.489 bits per heavy atom. The molecular weight excluding hydrogens is 565 g/mol. The first kappa shape index (κ1) is 25.8. The number of aromatic nitrogens is 2. The molecule has 45 heavy (non-hydrogen) atoms. The highest BCUT2D eigenvalue weighted by molar-refractivity contribution is 7.20. The van der Waals surface area contributed by atoms with Crippen LogP contribution in [0.4, 0.5) is 0 Å². The predicted molar refractivity (Wildman–Crippen MR) is 189 cm³/mol. The maximum absolute atomic E-state index is 6.89. The van der Waals surface area contributed by atoms with Crippen LogP contribution in [-0.4, -0.2) is 17.6 Å². The fraction of sp³-hybridized carbons (Fsp3) is 0. The van der Waals surface area contributed by atoms with Crippen LogP contribution in [0, 0.1) is 0 Å². The summed E-state index contributed by atoms with van der Waals surface area (Å²) in [5.41, 5.74) is 5.24. The minimum atomic E-state index is -2.93. The van der Waals surface area contributed by atoms with Crippen LogP contribution in [0.5, 0.6) is 0 Å². The van der Waals surface area contributed by atoms with E-state index in [1.54, 1.807) is 0 Å². The zero-order chi connectivity index (χ0) is 29.8. The van der Waals surface area contributed by atoms with Crippen LogP contribution in [0.3, 0.4) is 0 Å². The Hall–Kier alpha value is -5.71.